The van der Waals surface area contributed by atoms with E-state index in [4.69, 9.17) is 4.74 Å². The maximum Gasteiger partial charge on any atom is 0.252 e. The lowest BCUT2D eigenvalue weighted by Crippen LogP contribution is -2.46. The van der Waals surface area contributed by atoms with Gasteiger partial charge in [-0.15, -0.1) is 0 Å². The van der Waals surface area contributed by atoms with E-state index in [1.165, 1.54) is 24.8 Å². The second kappa shape index (κ2) is 11.7. The number of carbonyl (C=O) groups excluding carboxylic acids is 1. The normalized spacial score (nSPS) is 18.2. The molecule has 3 aromatic rings. The summed E-state index contributed by atoms with van der Waals surface area (Å²) in [6, 6.07) is 11.9. The number of ether oxygens (including phenoxy) is 1. The summed E-state index contributed by atoms with van der Waals surface area (Å²) in [4.78, 5) is 26.1. The first kappa shape index (κ1) is 24.5. The number of aromatic nitrogens is 2. The number of amides is 1. The number of rotatable bonds is 4. The molecule has 2 fully saturated rings. The predicted molar refractivity (Wildman–Crippen MR) is 146 cm³/mol. The largest absolute Gasteiger partial charge is 0.493 e. The van der Waals surface area contributed by atoms with Crippen molar-refractivity contribution in [3.63, 3.8) is 0 Å². The van der Waals surface area contributed by atoms with Crippen LogP contribution in [0.25, 0.3) is 10.9 Å². The molecule has 7 nitrogen and oxygen atoms in total. The molecule has 3 aliphatic rings. The molecule has 2 aliphatic heterocycles. The summed E-state index contributed by atoms with van der Waals surface area (Å²) in [6.07, 6.45) is 10.5. The average Bonchev–Trinajstić information content (AvgIpc) is 3.43. The van der Waals surface area contributed by atoms with Gasteiger partial charge in [0, 0.05) is 63.4 Å². The average molecular weight is 490 g/mol. The van der Waals surface area contributed by atoms with E-state index in [-0.39, 0.29) is 7.33 Å². The molecule has 1 aromatic carbocycles. The highest BCUT2D eigenvalue weighted by Crippen LogP contribution is 2.32. The fourth-order valence-corrected chi connectivity index (χ4v) is 5.45. The lowest BCUT2D eigenvalue weighted by molar-refractivity contribution is 0.0929. The number of nitrogens with one attached hydrogen (secondary N) is 1. The van der Waals surface area contributed by atoms with Gasteiger partial charge in [0.2, 0.25) is 0 Å². The number of para-hydroxylation sites is 1. The summed E-state index contributed by atoms with van der Waals surface area (Å²) < 4.78 is 5.60. The van der Waals surface area contributed by atoms with Crippen molar-refractivity contribution in [1.29, 1.82) is 0 Å². The van der Waals surface area contributed by atoms with Crippen molar-refractivity contribution in [1.82, 2.24) is 20.2 Å². The minimum atomic E-state index is 0. The number of piperazine rings is 1. The third kappa shape index (κ3) is 5.62. The van der Waals surface area contributed by atoms with Gasteiger partial charge >= 0.3 is 0 Å². The fourth-order valence-electron chi connectivity index (χ4n) is 5.45. The molecule has 0 unspecified atom stereocenters. The maximum absolute atomic E-state index is 12.4. The molecule has 1 aliphatic carbocycles. The molecule has 2 aromatic heterocycles. The number of hydrogen-bond acceptors (Lipinski definition) is 6. The van der Waals surface area contributed by atoms with Crippen molar-refractivity contribution < 1.29 is 11.0 Å². The number of carbonyl (C=O) groups is 1. The van der Waals surface area contributed by atoms with Gasteiger partial charge in [0.15, 0.2) is 0 Å². The Bertz CT molecular complexity index is 1170. The van der Waals surface area contributed by atoms with Gasteiger partial charge in [-0.2, -0.15) is 0 Å². The zero-order chi connectivity index (χ0) is 24.7. The van der Waals surface area contributed by atoms with Crippen LogP contribution in [0.3, 0.4) is 0 Å². The van der Waals surface area contributed by atoms with E-state index in [0.717, 1.165) is 86.6 Å². The van der Waals surface area contributed by atoms with Crippen molar-refractivity contribution in [2.24, 2.45) is 0 Å². The van der Waals surface area contributed by atoms with Gasteiger partial charge in [0.05, 0.1) is 17.7 Å². The number of fused-ring (bicyclic) bond motifs is 2. The highest BCUT2D eigenvalue weighted by atomic mass is 16.5. The molecule has 1 saturated carbocycles. The fraction of sp³-hybridized carbons (Fsp3) is 0.483. The molecule has 0 atom stereocenters. The molecule has 6 rings (SSSR count). The summed E-state index contributed by atoms with van der Waals surface area (Å²) in [5.41, 5.74) is 2.91. The molecule has 1 saturated heterocycles. The Morgan fingerprint density at radius 2 is 1.81 bits per heavy atom. The van der Waals surface area contributed by atoms with Gasteiger partial charge in [-0.3, -0.25) is 9.78 Å². The summed E-state index contributed by atoms with van der Waals surface area (Å²) in [5, 5.41) is 4.09. The third-order valence-corrected chi connectivity index (χ3v) is 7.55. The van der Waals surface area contributed by atoms with Gasteiger partial charge in [-0.1, -0.05) is 44.4 Å². The third-order valence-electron chi connectivity index (χ3n) is 7.55. The van der Waals surface area contributed by atoms with E-state index in [1.54, 1.807) is 12.3 Å². The van der Waals surface area contributed by atoms with E-state index in [0.29, 0.717) is 6.04 Å². The Hall–Kier alpha value is -3.19. The first-order valence-corrected chi connectivity index (χ1v) is 13.5. The summed E-state index contributed by atoms with van der Waals surface area (Å²) in [7, 11) is 0. The quantitative estimate of drug-likeness (QED) is 0.573. The highest BCUT2D eigenvalue weighted by molar-refractivity contribution is 6.06. The number of likely N-dealkylation sites (N-methyl/N-ethyl adjacent to an activating group) is 1. The van der Waals surface area contributed by atoms with Crippen LogP contribution in [0, 0.1) is 0 Å². The van der Waals surface area contributed by atoms with E-state index in [1.807, 2.05) is 36.5 Å². The van der Waals surface area contributed by atoms with Gasteiger partial charge in [0.25, 0.3) is 5.91 Å². The second-order valence-electron chi connectivity index (χ2n) is 9.82. The minimum Gasteiger partial charge on any atom is -0.493 e. The molecule has 4 heterocycles. The first-order valence-electron chi connectivity index (χ1n) is 13.5. The molecule has 1 amide bonds. The van der Waals surface area contributed by atoms with Gasteiger partial charge in [-0.25, -0.2) is 4.98 Å². The van der Waals surface area contributed by atoms with Gasteiger partial charge < -0.3 is 19.9 Å². The van der Waals surface area contributed by atoms with Crippen LogP contribution in [0.15, 0.2) is 48.8 Å². The molecule has 0 bridgehead atoms. The van der Waals surface area contributed by atoms with Gasteiger partial charge in [0.1, 0.15) is 11.6 Å². The van der Waals surface area contributed by atoms with Crippen LogP contribution in [0.4, 0.5) is 5.82 Å². The Kier molecular flexibility index (Phi) is 7.96. The monoisotopic (exact) mass is 489 g/mol. The summed E-state index contributed by atoms with van der Waals surface area (Å²) in [5.74, 6) is 2.22. The Morgan fingerprint density at radius 1 is 1.03 bits per heavy atom. The molecule has 0 spiro atoms. The lowest BCUT2D eigenvalue weighted by Gasteiger charge is -2.35. The lowest BCUT2D eigenvalue weighted by atomic mass is 9.95. The van der Waals surface area contributed by atoms with Crippen LogP contribution in [-0.2, 0) is 6.42 Å². The highest BCUT2D eigenvalue weighted by Gasteiger charge is 2.24. The number of pyridine rings is 2. The molecule has 0 radical (unpaired) electrons. The molecule has 7 heteroatoms. The number of benzene rings is 1. The van der Waals surface area contributed by atoms with E-state index in [2.05, 4.69) is 32.0 Å². The topological polar surface area (TPSA) is 70.6 Å². The minimum absolute atomic E-state index is 0. The SMILES string of the molecule is CCN1CCN(c2nccc3c2CCO3)CC1.O=C(NC1CCCCC1)c1ccnc2ccccc12.[HH]. The summed E-state index contributed by atoms with van der Waals surface area (Å²) >= 11 is 0. The summed E-state index contributed by atoms with van der Waals surface area (Å²) in [6.45, 7) is 8.63. The molecule has 1 N–H and O–H groups in total. The Morgan fingerprint density at radius 3 is 2.61 bits per heavy atom. The molecular weight excluding hydrogens is 450 g/mol. The zero-order valence-corrected chi connectivity index (χ0v) is 21.3. The van der Waals surface area contributed by atoms with Crippen molar-refractivity contribution >= 4 is 22.6 Å². The second-order valence-corrected chi connectivity index (χ2v) is 9.82. The van der Waals surface area contributed by atoms with Crippen LogP contribution in [0.2, 0.25) is 0 Å². The number of anilines is 1. The standard InChI is InChI=1S/C16H18N2O.C13H19N3O.H2/c19-16(18-12-6-2-1-3-7-12)14-10-11-17-15-9-5-4-8-13(14)15;1-2-15-6-8-16(9-7-15)13-11-4-10-17-12(11)3-5-14-13;/h4-5,8-12H,1-3,6-7H2,(H,18,19);3,5H,2,4,6-10H2,1H3;1H. The van der Waals surface area contributed by atoms with Crippen LogP contribution < -0.4 is 15.0 Å². The van der Waals surface area contributed by atoms with Crippen LogP contribution in [-0.4, -0.2) is 66.1 Å². The maximum atomic E-state index is 12.4. The number of hydrogen-bond donors (Lipinski definition) is 1. The first-order chi connectivity index (χ1) is 17.7. The van der Waals surface area contributed by atoms with Crippen molar-refractivity contribution in [3.05, 3.63) is 59.9 Å². The molecular formula is C29H39N5O2. The van der Waals surface area contributed by atoms with Crippen LogP contribution in [0.1, 0.15) is 56.4 Å². The molecule has 36 heavy (non-hydrogen) atoms. The van der Waals surface area contributed by atoms with Crippen molar-refractivity contribution in [3.8, 4) is 5.75 Å². The van der Waals surface area contributed by atoms with E-state index >= 15 is 0 Å². The number of nitrogens with zero attached hydrogens (tertiary/aromatic N) is 4. The van der Waals surface area contributed by atoms with Gasteiger partial charge in [-0.05, 0) is 37.6 Å². The predicted octanol–water partition coefficient (Wildman–Crippen LogP) is 4.70. The van der Waals surface area contributed by atoms with Crippen LogP contribution >= 0.6 is 0 Å². The molecule has 192 valence electrons. The van der Waals surface area contributed by atoms with E-state index < -0.39 is 0 Å². The zero-order valence-electron chi connectivity index (χ0n) is 21.3. The van der Waals surface area contributed by atoms with Crippen molar-refractivity contribution in [2.45, 2.75) is 51.5 Å². The van der Waals surface area contributed by atoms with Crippen LogP contribution in [0.5, 0.6) is 5.75 Å². The Labute approximate surface area is 215 Å². The van der Waals surface area contributed by atoms with Crippen molar-refractivity contribution in [2.75, 3.05) is 44.2 Å². The smallest absolute Gasteiger partial charge is 0.252 e. The van der Waals surface area contributed by atoms with E-state index in [9.17, 15) is 4.79 Å². The Balaban J connectivity index is 0.000000169.